The summed E-state index contributed by atoms with van der Waals surface area (Å²) < 4.78 is 0. The molecule has 2 N–H and O–H groups in total. The van der Waals surface area contributed by atoms with Gasteiger partial charge in [0.05, 0.1) is 6.10 Å². The highest BCUT2D eigenvalue weighted by Crippen LogP contribution is 2.27. The monoisotopic (exact) mass is 276 g/mol. The van der Waals surface area contributed by atoms with Gasteiger partial charge in [0.15, 0.2) is 0 Å². The van der Waals surface area contributed by atoms with Gasteiger partial charge in [-0.15, -0.1) is 0 Å². The van der Waals surface area contributed by atoms with E-state index in [1.165, 1.54) is 11.1 Å². The first kappa shape index (κ1) is 15.5. The number of hydrogen-bond donors (Lipinski definition) is 2. The van der Waals surface area contributed by atoms with E-state index >= 15 is 0 Å². The lowest BCUT2D eigenvalue weighted by Gasteiger charge is -2.30. The average Bonchev–Trinajstić information content (AvgIpc) is 2.38. The molecule has 1 atom stereocenters. The van der Waals surface area contributed by atoms with Crippen LogP contribution in [0.3, 0.4) is 0 Å². The Labute approximate surface area is 123 Å². The Bertz CT molecular complexity index is 445. The lowest BCUT2D eigenvalue weighted by Crippen LogP contribution is -2.45. The van der Waals surface area contributed by atoms with E-state index in [1.807, 2.05) is 0 Å². The molecule has 1 saturated heterocycles. The number of nitrogens with zero attached hydrogens (tertiary/aromatic N) is 1. The van der Waals surface area contributed by atoms with E-state index in [2.05, 4.69) is 56.1 Å². The Kier molecular flexibility index (Phi) is 4.84. The van der Waals surface area contributed by atoms with Gasteiger partial charge in [0.25, 0.3) is 0 Å². The zero-order valence-corrected chi connectivity index (χ0v) is 13.2. The third-order valence-corrected chi connectivity index (χ3v) is 4.14. The summed E-state index contributed by atoms with van der Waals surface area (Å²) in [5.74, 6) is 0. The third-order valence-electron chi connectivity index (χ3n) is 4.14. The summed E-state index contributed by atoms with van der Waals surface area (Å²) in [5, 5.41) is 13.8. The SMILES string of the molecule is Cc1cc(C(C)(C)C)ccc1C(O)CN1CCNCC1. The molecule has 0 aliphatic carbocycles. The van der Waals surface area contributed by atoms with Crippen molar-refractivity contribution in [2.75, 3.05) is 32.7 Å². The Hall–Kier alpha value is -0.900. The van der Waals surface area contributed by atoms with Crippen LogP contribution >= 0.6 is 0 Å². The van der Waals surface area contributed by atoms with Crippen molar-refractivity contribution in [2.24, 2.45) is 0 Å². The maximum Gasteiger partial charge on any atom is 0.0919 e. The lowest BCUT2D eigenvalue weighted by atomic mass is 9.85. The number of benzene rings is 1. The highest BCUT2D eigenvalue weighted by atomic mass is 16.3. The predicted molar refractivity (Wildman–Crippen MR) is 84.1 cm³/mol. The van der Waals surface area contributed by atoms with Crippen molar-refractivity contribution < 1.29 is 5.11 Å². The standard InChI is InChI=1S/C17H28N2O/c1-13-11-14(17(2,3)4)5-6-15(13)16(20)12-19-9-7-18-8-10-19/h5-6,11,16,18,20H,7-10,12H2,1-4H3. The largest absolute Gasteiger partial charge is 0.387 e. The third kappa shape index (κ3) is 3.81. The molecule has 1 unspecified atom stereocenters. The Morgan fingerprint density at radius 1 is 1.25 bits per heavy atom. The van der Waals surface area contributed by atoms with Crippen LogP contribution in [0.2, 0.25) is 0 Å². The summed E-state index contributed by atoms with van der Waals surface area (Å²) in [6.45, 7) is 13.6. The minimum atomic E-state index is -0.387. The number of rotatable bonds is 3. The van der Waals surface area contributed by atoms with E-state index < -0.39 is 0 Å². The molecule has 1 fully saturated rings. The molecule has 1 aromatic rings. The second-order valence-corrected chi connectivity index (χ2v) is 6.89. The number of hydrogen-bond acceptors (Lipinski definition) is 3. The fourth-order valence-corrected chi connectivity index (χ4v) is 2.75. The molecule has 0 amide bonds. The smallest absolute Gasteiger partial charge is 0.0919 e. The zero-order valence-electron chi connectivity index (χ0n) is 13.2. The molecule has 1 aromatic carbocycles. The molecule has 0 radical (unpaired) electrons. The Balaban J connectivity index is 2.07. The first-order valence-electron chi connectivity index (χ1n) is 7.60. The fraction of sp³-hybridized carbons (Fsp3) is 0.647. The second kappa shape index (κ2) is 6.25. The van der Waals surface area contributed by atoms with Crippen LogP contribution in [0.15, 0.2) is 18.2 Å². The van der Waals surface area contributed by atoms with Crippen molar-refractivity contribution in [3.8, 4) is 0 Å². The van der Waals surface area contributed by atoms with Crippen molar-refractivity contribution in [3.63, 3.8) is 0 Å². The van der Waals surface area contributed by atoms with Crippen molar-refractivity contribution in [1.82, 2.24) is 10.2 Å². The number of aliphatic hydroxyl groups is 1. The quantitative estimate of drug-likeness (QED) is 0.888. The summed E-state index contributed by atoms with van der Waals surface area (Å²) in [5.41, 5.74) is 3.75. The summed E-state index contributed by atoms with van der Waals surface area (Å²) in [4.78, 5) is 2.33. The minimum Gasteiger partial charge on any atom is -0.387 e. The molecule has 2 rings (SSSR count). The van der Waals surface area contributed by atoms with Gasteiger partial charge in [-0.1, -0.05) is 39.0 Å². The average molecular weight is 276 g/mol. The first-order valence-corrected chi connectivity index (χ1v) is 7.60. The molecule has 112 valence electrons. The van der Waals surface area contributed by atoms with E-state index in [0.29, 0.717) is 0 Å². The Morgan fingerprint density at radius 2 is 1.90 bits per heavy atom. The molecule has 0 aromatic heterocycles. The van der Waals surface area contributed by atoms with E-state index in [-0.39, 0.29) is 11.5 Å². The van der Waals surface area contributed by atoms with Gasteiger partial charge in [0.1, 0.15) is 0 Å². The number of nitrogens with one attached hydrogen (secondary N) is 1. The molecule has 1 heterocycles. The van der Waals surface area contributed by atoms with Crippen LogP contribution in [-0.2, 0) is 5.41 Å². The molecule has 0 bridgehead atoms. The maximum atomic E-state index is 10.5. The zero-order chi connectivity index (χ0) is 14.8. The van der Waals surface area contributed by atoms with Gasteiger partial charge in [0, 0.05) is 32.7 Å². The predicted octanol–water partition coefficient (Wildman–Crippen LogP) is 2.23. The van der Waals surface area contributed by atoms with Gasteiger partial charge in [-0.05, 0) is 29.0 Å². The van der Waals surface area contributed by atoms with Crippen LogP contribution in [0.4, 0.5) is 0 Å². The van der Waals surface area contributed by atoms with Crippen LogP contribution in [0.25, 0.3) is 0 Å². The fourth-order valence-electron chi connectivity index (χ4n) is 2.75. The number of aliphatic hydroxyl groups excluding tert-OH is 1. The summed E-state index contributed by atoms with van der Waals surface area (Å²) in [7, 11) is 0. The van der Waals surface area contributed by atoms with Crippen LogP contribution in [0.5, 0.6) is 0 Å². The van der Waals surface area contributed by atoms with Crippen LogP contribution < -0.4 is 5.32 Å². The summed E-state index contributed by atoms with van der Waals surface area (Å²) in [6, 6.07) is 6.47. The normalized spacial score (nSPS) is 19.1. The van der Waals surface area contributed by atoms with Crippen molar-refractivity contribution in [1.29, 1.82) is 0 Å². The van der Waals surface area contributed by atoms with Gasteiger partial charge < -0.3 is 10.4 Å². The van der Waals surface area contributed by atoms with E-state index in [4.69, 9.17) is 0 Å². The van der Waals surface area contributed by atoms with Gasteiger partial charge in [-0.3, -0.25) is 4.90 Å². The van der Waals surface area contributed by atoms with Gasteiger partial charge >= 0.3 is 0 Å². The molecule has 1 aliphatic rings. The van der Waals surface area contributed by atoms with E-state index in [1.54, 1.807) is 0 Å². The van der Waals surface area contributed by atoms with Crippen LogP contribution in [0.1, 0.15) is 43.6 Å². The second-order valence-electron chi connectivity index (χ2n) is 6.89. The van der Waals surface area contributed by atoms with Crippen molar-refractivity contribution in [2.45, 2.75) is 39.2 Å². The summed E-state index contributed by atoms with van der Waals surface area (Å²) >= 11 is 0. The van der Waals surface area contributed by atoms with E-state index in [0.717, 1.165) is 38.3 Å². The topological polar surface area (TPSA) is 35.5 Å². The number of piperazine rings is 1. The molecule has 3 heteroatoms. The molecule has 20 heavy (non-hydrogen) atoms. The van der Waals surface area contributed by atoms with Gasteiger partial charge in [-0.25, -0.2) is 0 Å². The molecule has 1 aliphatic heterocycles. The summed E-state index contributed by atoms with van der Waals surface area (Å²) in [6.07, 6.45) is -0.387. The minimum absolute atomic E-state index is 0.160. The molecular formula is C17H28N2O. The molecule has 0 saturated carbocycles. The molecule has 0 spiro atoms. The Morgan fingerprint density at radius 3 is 2.45 bits per heavy atom. The van der Waals surface area contributed by atoms with E-state index in [9.17, 15) is 5.11 Å². The number of β-amino-alcohol motifs (C(OH)–C–C–N with tert-alkyl or cyclic N) is 1. The van der Waals surface area contributed by atoms with Crippen LogP contribution in [-0.4, -0.2) is 42.7 Å². The van der Waals surface area contributed by atoms with Gasteiger partial charge in [-0.2, -0.15) is 0 Å². The van der Waals surface area contributed by atoms with Crippen LogP contribution in [0, 0.1) is 6.92 Å². The lowest BCUT2D eigenvalue weighted by molar-refractivity contribution is 0.105. The molecular weight excluding hydrogens is 248 g/mol. The highest BCUT2D eigenvalue weighted by Gasteiger charge is 2.19. The molecule has 3 nitrogen and oxygen atoms in total. The van der Waals surface area contributed by atoms with Gasteiger partial charge in [0.2, 0.25) is 0 Å². The highest BCUT2D eigenvalue weighted by molar-refractivity contribution is 5.35. The van der Waals surface area contributed by atoms with Crippen molar-refractivity contribution in [3.05, 3.63) is 34.9 Å². The number of aryl methyl sites for hydroxylation is 1. The maximum absolute atomic E-state index is 10.5. The first-order chi connectivity index (χ1) is 9.38. The van der Waals surface area contributed by atoms with Crippen molar-refractivity contribution >= 4 is 0 Å².